The average molecular weight is 346 g/mol. The molecule has 0 aromatic heterocycles. The second-order valence-electron chi connectivity index (χ2n) is 6.42. The number of piperidine rings is 1. The third-order valence-electron chi connectivity index (χ3n) is 4.38. The highest BCUT2D eigenvalue weighted by Crippen LogP contribution is 2.24. The first-order chi connectivity index (χ1) is 11.9. The van der Waals surface area contributed by atoms with E-state index in [9.17, 15) is 14.4 Å². The number of esters is 1. The highest BCUT2D eigenvalue weighted by molar-refractivity contribution is 5.88. The Hall–Kier alpha value is -2.37. The third-order valence-corrected chi connectivity index (χ3v) is 4.38. The number of amides is 2. The van der Waals surface area contributed by atoms with Crippen molar-refractivity contribution in [3.8, 4) is 0 Å². The number of benzene rings is 1. The monoisotopic (exact) mass is 346 g/mol. The lowest BCUT2D eigenvalue weighted by Crippen LogP contribution is -2.42. The van der Waals surface area contributed by atoms with E-state index in [0.717, 1.165) is 18.4 Å². The van der Waals surface area contributed by atoms with Crippen LogP contribution in [0.5, 0.6) is 0 Å². The van der Waals surface area contributed by atoms with Crippen LogP contribution in [-0.2, 0) is 19.1 Å². The Morgan fingerprint density at radius 3 is 2.80 bits per heavy atom. The number of hydrogen-bond donors (Lipinski definition) is 1. The molecule has 2 rings (SSSR count). The topological polar surface area (TPSA) is 75.7 Å². The second-order valence-corrected chi connectivity index (χ2v) is 6.42. The lowest BCUT2D eigenvalue weighted by molar-refractivity contribution is -0.156. The van der Waals surface area contributed by atoms with Crippen molar-refractivity contribution in [3.63, 3.8) is 0 Å². The Balaban J connectivity index is 1.97. The van der Waals surface area contributed by atoms with E-state index in [0.29, 0.717) is 25.2 Å². The number of carbonyl (C=O) groups is 3. The van der Waals surface area contributed by atoms with E-state index in [-0.39, 0.29) is 23.7 Å². The summed E-state index contributed by atoms with van der Waals surface area (Å²) in [6.07, 6.45) is 1.59. The zero-order valence-corrected chi connectivity index (χ0v) is 15.1. The normalized spacial score (nSPS) is 18.4. The zero-order chi connectivity index (χ0) is 18.4. The molecule has 2 atom stereocenters. The largest absolute Gasteiger partial charge is 0.458 e. The van der Waals surface area contributed by atoms with Gasteiger partial charge in [0, 0.05) is 32.1 Å². The van der Waals surface area contributed by atoms with E-state index < -0.39 is 6.10 Å². The van der Waals surface area contributed by atoms with E-state index in [2.05, 4.69) is 5.32 Å². The third kappa shape index (κ3) is 5.31. The van der Waals surface area contributed by atoms with Crippen LogP contribution in [0, 0.1) is 5.92 Å². The van der Waals surface area contributed by atoms with Gasteiger partial charge in [-0.15, -0.1) is 0 Å². The minimum atomic E-state index is -0.418. The lowest BCUT2D eigenvalue weighted by Gasteiger charge is -2.32. The molecule has 1 aliphatic heterocycles. The molecule has 0 spiro atoms. The van der Waals surface area contributed by atoms with Crippen LogP contribution in [0.2, 0.25) is 0 Å². The molecule has 1 aliphatic rings. The van der Waals surface area contributed by atoms with Gasteiger partial charge in [0.2, 0.25) is 11.8 Å². The van der Waals surface area contributed by atoms with Crippen molar-refractivity contribution in [3.05, 3.63) is 29.8 Å². The molecule has 1 N–H and O–H groups in total. The number of rotatable bonds is 5. The molecule has 0 radical (unpaired) electrons. The molecule has 0 aliphatic carbocycles. The summed E-state index contributed by atoms with van der Waals surface area (Å²) in [4.78, 5) is 37.2. The van der Waals surface area contributed by atoms with Gasteiger partial charge in [0.15, 0.2) is 0 Å². The van der Waals surface area contributed by atoms with Crippen molar-refractivity contribution in [2.45, 2.75) is 46.1 Å². The van der Waals surface area contributed by atoms with E-state index in [1.807, 2.05) is 26.0 Å². The molecule has 1 aromatic carbocycles. The standard InChI is InChI=1S/C19H26N2O4/c1-4-18(23)21-10-6-8-16(12-21)19(24)25-13(2)15-7-5-9-17(11-15)20-14(3)22/h5,7,9,11,13,16H,4,6,8,10,12H2,1-3H3,(H,20,22). The van der Waals surface area contributed by atoms with Crippen LogP contribution >= 0.6 is 0 Å². The maximum absolute atomic E-state index is 12.5. The van der Waals surface area contributed by atoms with Gasteiger partial charge >= 0.3 is 5.97 Å². The van der Waals surface area contributed by atoms with Crippen LogP contribution in [0.1, 0.15) is 51.7 Å². The fraction of sp³-hybridized carbons (Fsp3) is 0.526. The number of carbonyl (C=O) groups excluding carboxylic acids is 3. The van der Waals surface area contributed by atoms with Crippen molar-refractivity contribution in [2.75, 3.05) is 18.4 Å². The first-order valence-corrected chi connectivity index (χ1v) is 8.76. The molecule has 1 fully saturated rings. The summed E-state index contributed by atoms with van der Waals surface area (Å²) in [5, 5.41) is 2.72. The molecule has 25 heavy (non-hydrogen) atoms. The molecular formula is C19H26N2O4. The Kier molecular flexibility index (Phi) is 6.56. The predicted octanol–water partition coefficient (Wildman–Crippen LogP) is 2.90. The maximum Gasteiger partial charge on any atom is 0.311 e. The number of nitrogens with one attached hydrogen (secondary N) is 1. The number of likely N-dealkylation sites (tertiary alicyclic amines) is 1. The first kappa shape index (κ1) is 19.0. The van der Waals surface area contributed by atoms with Gasteiger partial charge in [0.25, 0.3) is 0 Å². The second kappa shape index (κ2) is 8.65. The number of hydrogen-bond acceptors (Lipinski definition) is 4. The summed E-state index contributed by atoms with van der Waals surface area (Å²) < 4.78 is 5.61. The lowest BCUT2D eigenvalue weighted by atomic mass is 9.97. The minimum absolute atomic E-state index is 0.0774. The Bertz CT molecular complexity index is 644. The summed E-state index contributed by atoms with van der Waals surface area (Å²) in [6, 6.07) is 7.26. The quantitative estimate of drug-likeness (QED) is 0.832. The van der Waals surface area contributed by atoms with Gasteiger partial charge in [0.1, 0.15) is 6.10 Å². The van der Waals surface area contributed by atoms with Crippen LogP contribution in [0.3, 0.4) is 0 Å². The van der Waals surface area contributed by atoms with Gasteiger partial charge in [-0.3, -0.25) is 14.4 Å². The molecule has 2 amide bonds. The first-order valence-electron chi connectivity index (χ1n) is 8.76. The van der Waals surface area contributed by atoms with Gasteiger partial charge in [-0.2, -0.15) is 0 Å². The Labute approximate surface area is 148 Å². The van der Waals surface area contributed by atoms with E-state index in [4.69, 9.17) is 4.74 Å². The van der Waals surface area contributed by atoms with Crippen molar-refractivity contribution in [1.82, 2.24) is 4.90 Å². The maximum atomic E-state index is 12.5. The van der Waals surface area contributed by atoms with Crippen molar-refractivity contribution < 1.29 is 19.1 Å². The molecule has 0 bridgehead atoms. The van der Waals surface area contributed by atoms with Crippen LogP contribution in [0.4, 0.5) is 5.69 Å². The molecule has 6 nitrogen and oxygen atoms in total. The van der Waals surface area contributed by atoms with E-state index in [1.165, 1.54) is 6.92 Å². The smallest absolute Gasteiger partial charge is 0.311 e. The summed E-state index contributed by atoms with van der Waals surface area (Å²) in [6.45, 7) is 6.23. The minimum Gasteiger partial charge on any atom is -0.458 e. The molecule has 1 heterocycles. The van der Waals surface area contributed by atoms with Gasteiger partial charge < -0.3 is 15.0 Å². The van der Waals surface area contributed by atoms with Crippen LogP contribution in [0.15, 0.2) is 24.3 Å². The van der Waals surface area contributed by atoms with Gasteiger partial charge in [-0.25, -0.2) is 0 Å². The SMILES string of the molecule is CCC(=O)N1CCCC(C(=O)OC(C)c2cccc(NC(C)=O)c2)C1. The predicted molar refractivity (Wildman–Crippen MR) is 94.8 cm³/mol. The number of nitrogens with zero attached hydrogens (tertiary/aromatic N) is 1. The summed E-state index contributed by atoms with van der Waals surface area (Å²) in [7, 11) is 0. The van der Waals surface area contributed by atoms with Crippen molar-refractivity contribution in [1.29, 1.82) is 0 Å². The van der Waals surface area contributed by atoms with Gasteiger partial charge in [-0.1, -0.05) is 19.1 Å². The zero-order valence-electron chi connectivity index (χ0n) is 15.1. The van der Waals surface area contributed by atoms with E-state index >= 15 is 0 Å². The fourth-order valence-electron chi connectivity index (χ4n) is 3.03. The number of anilines is 1. The number of ether oxygens (including phenoxy) is 1. The molecular weight excluding hydrogens is 320 g/mol. The van der Waals surface area contributed by atoms with E-state index in [1.54, 1.807) is 17.0 Å². The highest BCUT2D eigenvalue weighted by Gasteiger charge is 2.30. The highest BCUT2D eigenvalue weighted by atomic mass is 16.5. The molecule has 1 aromatic rings. The van der Waals surface area contributed by atoms with Crippen LogP contribution in [0.25, 0.3) is 0 Å². The summed E-state index contributed by atoms with van der Waals surface area (Å²) >= 11 is 0. The Morgan fingerprint density at radius 1 is 1.36 bits per heavy atom. The molecule has 6 heteroatoms. The Morgan fingerprint density at radius 2 is 2.12 bits per heavy atom. The molecule has 136 valence electrons. The fourth-order valence-corrected chi connectivity index (χ4v) is 3.03. The van der Waals surface area contributed by atoms with Crippen molar-refractivity contribution in [2.24, 2.45) is 5.92 Å². The molecule has 2 unspecified atom stereocenters. The van der Waals surface area contributed by atoms with Crippen molar-refractivity contribution >= 4 is 23.5 Å². The van der Waals surface area contributed by atoms with Gasteiger partial charge in [0.05, 0.1) is 5.92 Å². The van der Waals surface area contributed by atoms with Crippen LogP contribution < -0.4 is 5.32 Å². The van der Waals surface area contributed by atoms with Gasteiger partial charge in [-0.05, 0) is 37.5 Å². The molecule has 1 saturated heterocycles. The molecule has 0 saturated carbocycles. The van der Waals surface area contributed by atoms with Crippen LogP contribution in [-0.4, -0.2) is 35.8 Å². The summed E-state index contributed by atoms with van der Waals surface area (Å²) in [5.41, 5.74) is 1.49. The summed E-state index contributed by atoms with van der Waals surface area (Å²) in [5.74, 6) is -0.616. The average Bonchev–Trinajstić information content (AvgIpc) is 2.60.